The predicted molar refractivity (Wildman–Crippen MR) is 48.6 cm³/mol. The molecule has 0 spiro atoms. The molecule has 0 aromatic rings. The highest BCUT2D eigenvalue weighted by molar-refractivity contribution is 4.36. The van der Waals surface area contributed by atoms with Crippen molar-refractivity contribution in [2.75, 3.05) is 39.9 Å². The van der Waals surface area contributed by atoms with Gasteiger partial charge >= 0.3 is 0 Å². The van der Waals surface area contributed by atoms with Gasteiger partial charge in [0.15, 0.2) is 0 Å². The number of methoxy groups -OCH3 is 1. The van der Waals surface area contributed by atoms with E-state index in [9.17, 15) is 0 Å². The fraction of sp³-hybridized carbons (Fsp3) is 1.00. The lowest BCUT2D eigenvalue weighted by Gasteiger charge is -2.35. The summed E-state index contributed by atoms with van der Waals surface area (Å²) in [5.41, 5.74) is 0. The van der Waals surface area contributed by atoms with Crippen molar-refractivity contribution in [2.24, 2.45) is 0 Å². The number of nitrogens with zero attached hydrogens (tertiary/aromatic N) is 1. The molecule has 0 unspecified atom stereocenters. The number of likely N-dealkylation sites (N-methyl/N-ethyl adjacent to an activating group) is 1. The van der Waals surface area contributed by atoms with Crippen LogP contribution in [-0.2, 0) is 4.74 Å². The number of hydrogen-bond donors (Lipinski definition) is 0. The summed E-state index contributed by atoms with van der Waals surface area (Å²) in [6.45, 7) is 12.5. The Morgan fingerprint density at radius 2 is 1.42 bits per heavy atom. The molecule has 0 rings (SSSR count). The van der Waals surface area contributed by atoms with E-state index in [0.717, 1.165) is 13.2 Å². The van der Waals surface area contributed by atoms with Crippen molar-refractivity contribution >= 4 is 0 Å². The van der Waals surface area contributed by atoms with Crippen molar-refractivity contribution in [2.45, 2.75) is 20.8 Å². The first-order chi connectivity index (χ1) is 5.24. The van der Waals surface area contributed by atoms with Crippen molar-refractivity contribution in [3.63, 3.8) is 0 Å². The number of hydrogen-bond acceptors (Lipinski definition) is 1. The Bertz CT molecular complexity index is 86.3. The van der Waals surface area contributed by atoms with Gasteiger partial charge in [0.1, 0.15) is 6.54 Å². The van der Waals surface area contributed by atoms with Gasteiger partial charge in [0.05, 0.1) is 26.2 Å². The highest BCUT2D eigenvalue weighted by Crippen LogP contribution is 2.04. The van der Waals surface area contributed by atoms with Crippen LogP contribution in [0.2, 0.25) is 0 Å². The Labute approximate surface area is 87.3 Å². The summed E-state index contributed by atoms with van der Waals surface area (Å²) in [5, 5.41) is 0. The quantitative estimate of drug-likeness (QED) is 0.514. The molecule has 0 N–H and O–H groups in total. The van der Waals surface area contributed by atoms with Gasteiger partial charge in [-0.15, -0.1) is 0 Å². The molecular formula is C9H22BrNO. The lowest BCUT2D eigenvalue weighted by molar-refractivity contribution is -0.923. The van der Waals surface area contributed by atoms with E-state index in [1.54, 1.807) is 7.11 Å². The third kappa shape index (κ3) is 4.43. The molecule has 76 valence electrons. The Morgan fingerprint density at radius 1 is 1.00 bits per heavy atom. The molecule has 3 heteroatoms. The number of ether oxygens (including phenoxy) is 1. The highest BCUT2D eigenvalue weighted by atomic mass is 79.9. The molecule has 0 saturated carbocycles. The molecule has 0 aromatic heterocycles. The molecule has 0 atom stereocenters. The largest absolute Gasteiger partial charge is 1.00 e. The zero-order valence-electron chi connectivity index (χ0n) is 8.77. The van der Waals surface area contributed by atoms with Crippen molar-refractivity contribution in [1.29, 1.82) is 0 Å². The van der Waals surface area contributed by atoms with Gasteiger partial charge in [-0.3, -0.25) is 0 Å². The maximum Gasteiger partial charge on any atom is 0.102 e. The molecule has 0 radical (unpaired) electrons. The molecule has 12 heavy (non-hydrogen) atoms. The van der Waals surface area contributed by atoms with E-state index in [0.29, 0.717) is 0 Å². The second kappa shape index (κ2) is 8.02. The molecule has 0 bridgehead atoms. The fourth-order valence-corrected chi connectivity index (χ4v) is 1.43. The third-order valence-electron chi connectivity index (χ3n) is 2.78. The van der Waals surface area contributed by atoms with Crippen LogP contribution >= 0.6 is 0 Å². The maximum absolute atomic E-state index is 5.09. The minimum absolute atomic E-state index is 0. The SMILES string of the molecule is CC[N+](CC)(CC)CCOC.[Br-]. The van der Waals surface area contributed by atoms with Crippen LogP contribution in [0.15, 0.2) is 0 Å². The number of rotatable bonds is 6. The van der Waals surface area contributed by atoms with Crippen LogP contribution in [0.1, 0.15) is 20.8 Å². The van der Waals surface area contributed by atoms with E-state index in [1.807, 2.05) is 0 Å². The van der Waals surface area contributed by atoms with Gasteiger partial charge in [-0.2, -0.15) is 0 Å². The van der Waals surface area contributed by atoms with Crippen LogP contribution in [0.3, 0.4) is 0 Å². The summed E-state index contributed by atoms with van der Waals surface area (Å²) in [5.74, 6) is 0. The third-order valence-corrected chi connectivity index (χ3v) is 2.78. The van der Waals surface area contributed by atoms with Crippen LogP contribution in [0.25, 0.3) is 0 Å². The van der Waals surface area contributed by atoms with Gasteiger partial charge in [-0.05, 0) is 20.8 Å². The van der Waals surface area contributed by atoms with Gasteiger partial charge in [-0.1, -0.05) is 0 Å². The van der Waals surface area contributed by atoms with Gasteiger partial charge in [0.25, 0.3) is 0 Å². The Balaban J connectivity index is 0. The summed E-state index contributed by atoms with van der Waals surface area (Å²) < 4.78 is 6.28. The molecule has 0 aliphatic carbocycles. The minimum atomic E-state index is 0. The molecule has 0 saturated heterocycles. The zero-order chi connectivity index (χ0) is 8.74. The summed E-state index contributed by atoms with van der Waals surface area (Å²) in [7, 11) is 1.77. The first-order valence-electron chi connectivity index (χ1n) is 4.58. The zero-order valence-corrected chi connectivity index (χ0v) is 10.4. The summed E-state index contributed by atoms with van der Waals surface area (Å²) >= 11 is 0. The second-order valence-electron chi connectivity index (χ2n) is 3.01. The van der Waals surface area contributed by atoms with E-state index in [4.69, 9.17) is 4.74 Å². The lowest BCUT2D eigenvalue weighted by atomic mass is 10.3. The molecule has 0 aromatic carbocycles. The molecule has 0 amide bonds. The molecule has 0 fully saturated rings. The summed E-state index contributed by atoms with van der Waals surface area (Å²) in [6.07, 6.45) is 0. The van der Waals surface area contributed by atoms with Crippen molar-refractivity contribution in [3.8, 4) is 0 Å². The van der Waals surface area contributed by atoms with Crippen LogP contribution in [-0.4, -0.2) is 44.4 Å². The van der Waals surface area contributed by atoms with E-state index in [1.165, 1.54) is 24.1 Å². The van der Waals surface area contributed by atoms with Gasteiger partial charge in [0, 0.05) is 7.11 Å². The summed E-state index contributed by atoms with van der Waals surface area (Å²) in [6, 6.07) is 0. The Morgan fingerprint density at radius 3 is 1.67 bits per heavy atom. The average Bonchev–Trinajstić information content (AvgIpc) is 2.08. The van der Waals surface area contributed by atoms with Crippen LogP contribution in [0.4, 0.5) is 0 Å². The van der Waals surface area contributed by atoms with Gasteiger partial charge in [-0.25, -0.2) is 0 Å². The average molecular weight is 240 g/mol. The maximum atomic E-state index is 5.09. The Kier molecular flexibility index (Phi) is 9.96. The normalized spacial score (nSPS) is 11.0. The lowest BCUT2D eigenvalue weighted by Crippen LogP contribution is -3.00. The molecule has 0 heterocycles. The smallest absolute Gasteiger partial charge is 0.102 e. The highest BCUT2D eigenvalue weighted by Gasteiger charge is 2.19. The number of quaternary nitrogens is 1. The first kappa shape index (κ1) is 14.9. The van der Waals surface area contributed by atoms with Crippen molar-refractivity contribution in [1.82, 2.24) is 0 Å². The van der Waals surface area contributed by atoms with Crippen molar-refractivity contribution < 1.29 is 26.2 Å². The predicted octanol–water partition coefficient (Wildman–Crippen LogP) is -1.49. The molecule has 2 nitrogen and oxygen atoms in total. The van der Waals surface area contributed by atoms with E-state index < -0.39 is 0 Å². The van der Waals surface area contributed by atoms with E-state index in [2.05, 4.69) is 20.8 Å². The van der Waals surface area contributed by atoms with Gasteiger partial charge < -0.3 is 26.2 Å². The molecular weight excluding hydrogens is 218 g/mol. The monoisotopic (exact) mass is 239 g/mol. The summed E-state index contributed by atoms with van der Waals surface area (Å²) in [4.78, 5) is 0. The van der Waals surface area contributed by atoms with Crippen molar-refractivity contribution in [3.05, 3.63) is 0 Å². The fourth-order valence-electron chi connectivity index (χ4n) is 1.43. The van der Waals surface area contributed by atoms with Crippen LogP contribution in [0, 0.1) is 0 Å². The van der Waals surface area contributed by atoms with Crippen LogP contribution in [0.5, 0.6) is 0 Å². The topological polar surface area (TPSA) is 9.23 Å². The molecule has 0 aliphatic rings. The van der Waals surface area contributed by atoms with E-state index in [-0.39, 0.29) is 17.0 Å². The van der Waals surface area contributed by atoms with Gasteiger partial charge in [0.2, 0.25) is 0 Å². The first-order valence-corrected chi connectivity index (χ1v) is 4.58. The second-order valence-corrected chi connectivity index (χ2v) is 3.01. The molecule has 0 aliphatic heterocycles. The minimum Gasteiger partial charge on any atom is -1.00 e. The van der Waals surface area contributed by atoms with Crippen LogP contribution < -0.4 is 17.0 Å². The standard InChI is InChI=1S/C9H22NO.BrH/c1-5-10(6-2,7-3)8-9-11-4;/h5-9H2,1-4H3;1H/q+1;/p-1. The Hall–Kier alpha value is 0.400. The number of halogens is 1. The van der Waals surface area contributed by atoms with E-state index >= 15 is 0 Å².